The van der Waals surface area contributed by atoms with Crippen LogP contribution >= 0.6 is 0 Å². The summed E-state index contributed by atoms with van der Waals surface area (Å²) in [4.78, 5) is 14.5. The van der Waals surface area contributed by atoms with Crippen LogP contribution in [0.2, 0.25) is 0 Å². The molecule has 0 saturated carbocycles. The molecule has 5 heteroatoms. The number of hydrogen-bond acceptors (Lipinski definition) is 5. The van der Waals surface area contributed by atoms with Gasteiger partial charge in [-0.25, -0.2) is 15.0 Å². The van der Waals surface area contributed by atoms with Gasteiger partial charge in [0.25, 0.3) is 0 Å². The quantitative estimate of drug-likeness (QED) is 0.241. The van der Waals surface area contributed by atoms with Crippen molar-refractivity contribution in [2.75, 3.05) is 0 Å². The summed E-state index contributed by atoms with van der Waals surface area (Å²) in [5.74, 6) is 1.90. The van der Waals surface area contributed by atoms with Crippen molar-refractivity contribution in [3.63, 3.8) is 0 Å². The summed E-state index contributed by atoms with van der Waals surface area (Å²) >= 11 is 0. The van der Waals surface area contributed by atoms with Crippen molar-refractivity contribution in [3.05, 3.63) is 115 Å². The van der Waals surface area contributed by atoms with Gasteiger partial charge >= 0.3 is 0 Å². The molecule has 0 aliphatic rings. The fourth-order valence-electron chi connectivity index (χ4n) is 5.49. The van der Waals surface area contributed by atoms with Crippen LogP contribution in [0, 0.1) is 6.92 Å². The van der Waals surface area contributed by atoms with Gasteiger partial charge in [0, 0.05) is 32.7 Å². The third kappa shape index (κ3) is 3.44. The average molecular weight is 504 g/mol. The van der Waals surface area contributed by atoms with Gasteiger partial charge < -0.3 is 8.83 Å². The van der Waals surface area contributed by atoms with Gasteiger partial charge in [-0.3, -0.25) is 0 Å². The molecule has 0 unspecified atom stereocenters. The molecule has 184 valence electrons. The maximum absolute atomic E-state index is 6.27. The molecule has 0 aliphatic heterocycles. The van der Waals surface area contributed by atoms with Gasteiger partial charge in [0.05, 0.1) is 0 Å². The highest BCUT2D eigenvalue weighted by Gasteiger charge is 2.21. The zero-order valence-electron chi connectivity index (χ0n) is 21.1. The van der Waals surface area contributed by atoms with E-state index in [1.54, 1.807) is 0 Å². The summed E-state index contributed by atoms with van der Waals surface area (Å²) in [7, 11) is 0. The number of furan rings is 2. The van der Waals surface area contributed by atoms with E-state index < -0.39 is 0 Å². The van der Waals surface area contributed by atoms with Crippen molar-refractivity contribution in [2.24, 2.45) is 0 Å². The average Bonchev–Trinajstić information content (AvgIpc) is 3.54. The molecule has 8 aromatic rings. The first-order valence-corrected chi connectivity index (χ1v) is 12.9. The lowest BCUT2D eigenvalue weighted by Gasteiger charge is -2.12. The standard InChI is InChI=1S/C34H21N3O2/c1-20-35-33(21-9-3-2-4-10-21)37-34(36-20)32-23(17-18-29-31(32)26-12-6-8-14-28(26)38-29)22-15-16-25-24-11-5-7-13-27(24)39-30(25)19-22/h2-19H,1H3. The van der Waals surface area contributed by atoms with Gasteiger partial charge in [0.1, 0.15) is 28.2 Å². The molecule has 0 saturated heterocycles. The van der Waals surface area contributed by atoms with E-state index in [1.165, 1.54) is 0 Å². The summed E-state index contributed by atoms with van der Waals surface area (Å²) in [6.45, 7) is 1.91. The van der Waals surface area contributed by atoms with Crippen molar-refractivity contribution < 1.29 is 8.83 Å². The van der Waals surface area contributed by atoms with E-state index in [9.17, 15) is 0 Å². The second-order valence-electron chi connectivity index (χ2n) is 9.66. The monoisotopic (exact) mass is 503 g/mol. The van der Waals surface area contributed by atoms with Crippen LogP contribution < -0.4 is 0 Å². The molecule has 0 atom stereocenters. The van der Waals surface area contributed by atoms with Crippen LogP contribution in [-0.4, -0.2) is 15.0 Å². The molecule has 3 aromatic heterocycles. The first-order valence-electron chi connectivity index (χ1n) is 12.9. The maximum Gasteiger partial charge on any atom is 0.165 e. The topological polar surface area (TPSA) is 65.0 Å². The second kappa shape index (κ2) is 8.36. The summed E-state index contributed by atoms with van der Waals surface area (Å²) in [5.41, 5.74) is 7.21. The van der Waals surface area contributed by atoms with Crippen molar-refractivity contribution in [1.82, 2.24) is 15.0 Å². The Morgan fingerprint density at radius 2 is 1.15 bits per heavy atom. The molecule has 0 spiro atoms. The van der Waals surface area contributed by atoms with E-state index in [2.05, 4.69) is 41.4 Å². The summed E-state index contributed by atoms with van der Waals surface area (Å²) in [5, 5.41) is 4.20. The minimum absolute atomic E-state index is 0.609. The van der Waals surface area contributed by atoms with Crippen molar-refractivity contribution in [2.45, 2.75) is 6.92 Å². The van der Waals surface area contributed by atoms with Gasteiger partial charge in [0.2, 0.25) is 0 Å². The minimum Gasteiger partial charge on any atom is -0.456 e. The number of rotatable bonds is 3. The summed E-state index contributed by atoms with van der Waals surface area (Å²) < 4.78 is 12.5. The number of nitrogens with zero attached hydrogens (tertiary/aromatic N) is 3. The van der Waals surface area contributed by atoms with Gasteiger partial charge in [0.15, 0.2) is 11.6 Å². The molecule has 39 heavy (non-hydrogen) atoms. The third-order valence-electron chi connectivity index (χ3n) is 7.24. The Kier molecular flexibility index (Phi) is 4.67. The minimum atomic E-state index is 0.609. The summed E-state index contributed by atoms with van der Waals surface area (Å²) in [6, 6.07) is 36.7. The first-order chi connectivity index (χ1) is 19.2. The molecule has 0 radical (unpaired) electrons. The number of aromatic nitrogens is 3. The first kappa shape index (κ1) is 21.8. The molecule has 0 bridgehead atoms. The van der Waals surface area contributed by atoms with Gasteiger partial charge in [-0.15, -0.1) is 0 Å². The lowest BCUT2D eigenvalue weighted by molar-refractivity contribution is 0.669. The van der Waals surface area contributed by atoms with E-state index >= 15 is 0 Å². The van der Waals surface area contributed by atoms with Crippen LogP contribution in [0.1, 0.15) is 5.82 Å². The Hall–Kier alpha value is -5.29. The normalized spacial score (nSPS) is 11.7. The molecule has 0 N–H and O–H groups in total. The number of hydrogen-bond donors (Lipinski definition) is 0. The lowest BCUT2D eigenvalue weighted by Crippen LogP contribution is -2.01. The van der Waals surface area contributed by atoms with Gasteiger partial charge in [-0.05, 0) is 54.4 Å². The Bertz CT molecular complexity index is 2190. The predicted molar refractivity (Wildman–Crippen MR) is 155 cm³/mol. The molecule has 5 aromatic carbocycles. The Labute approximate surface area is 223 Å². The lowest BCUT2D eigenvalue weighted by atomic mass is 9.94. The summed E-state index contributed by atoms with van der Waals surface area (Å²) in [6.07, 6.45) is 0. The SMILES string of the molecule is Cc1nc(-c2ccccc2)nc(-c2c(-c3ccc4c(c3)oc3ccccc34)ccc3oc4ccccc4c23)n1. The second-order valence-corrected chi connectivity index (χ2v) is 9.66. The molecule has 3 heterocycles. The molecule has 0 aliphatic carbocycles. The highest BCUT2D eigenvalue weighted by atomic mass is 16.3. The van der Waals surface area contributed by atoms with Crippen LogP contribution in [0.3, 0.4) is 0 Å². The Morgan fingerprint density at radius 1 is 0.487 bits per heavy atom. The Balaban J connectivity index is 1.45. The van der Waals surface area contributed by atoms with Crippen LogP contribution in [0.4, 0.5) is 0 Å². The largest absolute Gasteiger partial charge is 0.456 e. The van der Waals surface area contributed by atoms with E-state index in [-0.39, 0.29) is 0 Å². The van der Waals surface area contributed by atoms with Crippen LogP contribution in [0.25, 0.3) is 77.8 Å². The van der Waals surface area contributed by atoms with Crippen LogP contribution in [0.15, 0.2) is 118 Å². The maximum atomic E-state index is 6.27. The smallest absolute Gasteiger partial charge is 0.165 e. The molecular formula is C34H21N3O2. The zero-order chi connectivity index (χ0) is 25.9. The van der Waals surface area contributed by atoms with Crippen LogP contribution in [0.5, 0.6) is 0 Å². The zero-order valence-corrected chi connectivity index (χ0v) is 21.1. The van der Waals surface area contributed by atoms with Gasteiger partial charge in [-0.2, -0.15) is 0 Å². The highest BCUT2D eigenvalue weighted by Crippen LogP contribution is 2.43. The molecular weight excluding hydrogens is 482 g/mol. The van der Waals surface area contributed by atoms with Crippen molar-refractivity contribution in [1.29, 1.82) is 0 Å². The predicted octanol–water partition coefficient (Wildman–Crippen LogP) is 8.98. The van der Waals surface area contributed by atoms with E-state index in [0.717, 1.165) is 66.1 Å². The molecule has 8 rings (SSSR count). The highest BCUT2D eigenvalue weighted by molar-refractivity contribution is 6.15. The molecule has 0 amide bonds. The fraction of sp³-hybridized carbons (Fsp3) is 0.0294. The molecule has 0 fully saturated rings. The number of para-hydroxylation sites is 2. The van der Waals surface area contributed by atoms with Crippen molar-refractivity contribution >= 4 is 43.9 Å². The van der Waals surface area contributed by atoms with Crippen molar-refractivity contribution in [3.8, 4) is 33.9 Å². The van der Waals surface area contributed by atoms with E-state index in [0.29, 0.717) is 17.5 Å². The number of aryl methyl sites for hydroxylation is 1. The van der Waals surface area contributed by atoms with E-state index in [1.807, 2.05) is 79.7 Å². The number of fused-ring (bicyclic) bond motifs is 6. The Morgan fingerprint density at radius 3 is 2.00 bits per heavy atom. The van der Waals surface area contributed by atoms with Crippen LogP contribution in [-0.2, 0) is 0 Å². The van der Waals surface area contributed by atoms with E-state index in [4.69, 9.17) is 18.8 Å². The number of benzene rings is 5. The molecule has 5 nitrogen and oxygen atoms in total. The van der Waals surface area contributed by atoms with Gasteiger partial charge in [-0.1, -0.05) is 72.8 Å². The third-order valence-corrected chi connectivity index (χ3v) is 7.24. The fourth-order valence-corrected chi connectivity index (χ4v) is 5.49.